The fourth-order valence-electron chi connectivity index (χ4n) is 3.29. The summed E-state index contributed by atoms with van der Waals surface area (Å²) in [6, 6.07) is 15.5. The van der Waals surface area contributed by atoms with Gasteiger partial charge in [-0.3, -0.25) is 4.79 Å². The van der Waals surface area contributed by atoms with E-state index in [2.05, 4.69) is 34.4 Å². The van der Waals surface area contributed by atoms with E-state index < -0.39 is 0 Å². The Morgan fingerprint density at radius 1 is 1.16 bits per heavy atom. The highest BCUT2D eigenvalue weighted by molar-refractivity contribution is 5.91. The van der Waals surface area contributed by atoms with E-state index in [9.17, 15) is 4.79 Å². The predicted octanol–water partition coefficient (Wildman–Crippen LogP) is 5.07. The van der Waals surface area contributed by atoms with Gasteiger partial charge in [0.2, 0.25) is 17.7 Å². The van der Waals surface area contributed by atoms with Crippen molar-refractivity contribution in [3.63, 3.8) is 0 Å². The molecule has 1 heterocycles. The molecule has 2 aromatic carbocycles. The van der Waals surface area contributed by atoms with Crippen LogP contribution < -0.4 is 10.1 Å². The maximum atomic E-state index is 11.7. The van der Waals surface area contributed by atoms with E-state index in [1.54, 1.807) is 32.4 Å². The highest BCUT2D eigenvalue weighted by atomic mass is 16.5. The van der Waals surface area contributed by atoms with Crippen LogP contribution in [0.3, 0.4) is 0 Å². The zero-order chi connectivity index (χ0) is 21.8. The molecule has 0 aliphatic heterocycles. The third kappa shape index (κ3) is 5.17. The highest BCUT2D eigenvalue weighted by Gasteiger charge is 2.11. The molecule has 0 fully saturated rings. The van der Waals surface area contributed by atoms with Crippen LogP contribution in [0.15, 0.2) is 66.4 Å². The van der Waals surface area contributed by atoms with Crippen molar-refractivity contribution in [2.45, 2.75) is 13.3 Å². The van der Waals surface area contributed by atoms with Gasteiger partial charge >= 0.3 is 0 Å². The van der Waals surface area contributed by atoms with Gasteiger partial charge in [-0.05, 0) is 60.4 Å². The quantitative estimate of drug-likeness (QED) is 0.572. The maximum Gasteiger partial charge on any atom is 0.246 e. The number of rotatable bonds is 6. The Morgan fingerprint density at radius 2 is 2.03 bits per heavy atom. The van der Waals surface area contributed by atoms with Gasteiger partial charge in [0, 0.05) is 38.1 Å². The van der Waals surface area contributed by atoms with Crippen LogP contribution in [-0.4, -0.2) is 34.9 Å². The average Bonchev–Trinajstić information content (AvgIpc) is 3.12. The lowest BCUT2D eigenvalue weighted by Crippen LogP contribution is -2.18. The number of nitrogens with one attached hydrogen (secondary N) is 1. The fraction of sp³-hybridized carbons (Fsp3) is 0.160. The van der Waals surface area contributed by atoms with Crippen LogP contribution in [0, 0.1) is 0 Å². The first-order valence-corrected chi connectivity index (χ1v) is 10.0. The second kappa shape index (κ2) is 8.83. The third-order valence-electron chi connectivity index (χ3n) is 4.84. The van der Waals surface area contributed by atoms with Crippen molar-refractivity contribution in [1.29, 1.82) is 0 Å². The number of allylic oxidation sites excluding steroid dienone is 1. The average molecular weight is 412 g/mol. The van der Waals surface area contributed by atoms with E-state index in [0.717, 1.165) is 23.4 Å². The Kier molecular flexibility index (Phi) is 5.80. The zero-order valence-electron chi connectivity index (χ0n) is 17.8. The summed E-state index contributed by atoms with van der Waals surface area (Å²) in [7, 11) is 3.44. The van der Waals surface area contributed by atoms with Crippen LogP contribution in [0.1, 0.15) is 23.6 Å². The number of nitrogens with zero attached hydrogens (tertiary/aromatic N) is 3. The lowest BCUT2D eigenvalue weighted by atomic mass is 10.1. The molecule has 6 heteroatoms. The Bertz CT molecular complexity index is 1180. The predicted molar refractivity (Wildman–Crippen MR) is 123 cm³/mol. The second-order valence-corrected chi connectivity index (χ2v) is 7.67. The van der Waals surface area contributed by atoms with Crippen molar-refractivity contribution in [3.05, 3.63) is 83.1 Å². The van der Waals surface area contributed by atoms with E-state index in [-0.39, 0.29) is 5.91 Å². The molecule has 1 amide bonds. The molecule has 4 rings (SSSR count). The molecule has 0 radical (unpaired) electrons. The molecule has 0 bridgehead atoms. The normalized spacial score (nSPS) is 12.4. The summed E-state index contributed by atoms with van der Waals surface area (Å²) in [5.41, 5.74) is 5.57. The van der Waals surface area contributed by atoms with E-state index in [1.807, 2.05) is 36.4 Å². The molecule has 1 aromatic heterocycles. The minimum atomic E-state index is -0.0660. The van der Waals surface area contributed by atoms with Gasteiger partial charge in [0.05, 0.1) is 0 Å². The maximum absolute atomic E-state index is 11.7. The molecule has 31 heavy (non-hydrogen) atoms. The summed E-state index contributed by atoms with van der Waals surface area (Å²) in [6.45, 7) is 2.13. The smallest absolute Gasteiger partial charge is 0.246 e. The van der Waals surface area contributed by atoms with E-state index in [0.29, 0.717) is 11.8 Å². The van der Waals surface area contributed by atoms with Gasteiger partial charge in [-0.25, -0.2) is 4.98 Å². The fourth-order valence-corrected chi connectivity index (χ4v) is 3.29. The van der Waals surface area contributed by atoms with Gasteiger partial charge in [-0.1, -0.05) is 29.8 Å². The van der Waals surface area contributed by atoms with Crippen LogP contribution in [0.2, 0.25) is 0 Å². The first-order chi connectivity index (χ1) is 15.0. The number of amides is 1. The number of fused-ring (bicyclic) bond motifs is 1. The van der Waals surface area contributed by atoms with Crippen molar-refractivity contribution in [3.8, 4) is 11.6 Å². The molecule has 156 valence electrons. The molecule has 0 unspecified atom stereocenters. The largest absolute Gasteiger partial charge is 0.439 e. The summed E-state index contributed by atoms with van der Waals surface area (Å²) in [5, 5.41) is 3.19. The monoisotopic (exact) mass is 412 g/mol. The Morgan fingerprint density at radius 3 is 2.87 bits per heavy atom. The molecule has 1 aliphatic carbocycles. The summed E-state index contributed by atoms with van der Waals surface area (Å²) in [4.78, 5) is 22.0. The van der Waals surface area contributed by atoms with E-state index >= 15 is 0 Å². The number of anilines is 2. The standard InChI is InChI=1S/C25H24N4O2/c1-17-13-19-8-9-22(16-20(19)14-17)31-23-11-12-26-25(28-23)27-21-6-4-5-18(15-21)7-10-24(30)29(2)3/h4-12,14-16H,13H2,1-3H3,(H,26,27,28)/b10-7+. The van der Waals surface area contributed by atoms with Crippen molar-refractivity contribution >= 4 is 29.7 Å². The van der Waals surface area contributed by atoms with Gasteiger partial charge in [0.15, 0.2) is 0 Å². The zero-order valence-corrected chi connectivity index (χ0v) is 17.8. The van der Waals surface area contributed by atoms with Crippen LogP contribution in [0.5, 0.6) is 11.6 Å². The van der Waals surface area contributed by atoms with Gasteiger partial charge in [-0.2, -0.15) is 4.98 Å². The van der Waals surface area contributed by atoms with Crippen LogP contribution in [0.4, 0.5) is 11.6 Å². The molecule has 1 aliphatic rings. The number of carbonyl (C=O) groups excluding carboxylic acids is 1. The Labute approximate surface area is 181 Å². The van der Waals surface area contributed by atoms with Gasteiger partial charge in [0.1, 0.15) is 5.75 Å². The minimum absolute atomic E-state index is 0.0660. The minimum Gasteiger partial charge on any atom is -0.439 e. The SMILES string of the molecule is CC1=Cc2cc(Oc3ccnc(Nc4cccc(/C=C/C(=O)N(C)C)c4)n3)ccc2C1. The summed E-state index contributed by atoms with van der Waals surface area (Å²) < 4.78 is 5.95. The molecule has 0 atom stereocenters. The molecule has 0 saturated heterocycles. The van der Waals surface area contributed by atoms with Gasteiger partial charge in [-0.15, -0.1) is 0 Å². The lowest BCUT2D eigenvalue weighted by Gasteiger charge is -2.09. The van der Waals surface area contributed by atoms with Crippen LogP contribution >= 0.6 is 0 Å². The number of aromatic nitrogens is 2. The topological polar surface area (TPSA) is 67.3 Å². The van der Waals surface area contributed by atoms with Crippen molar-refractivity contribution in [2.24, 2.45) is 0 Å². The second-order valence-electron chi connectivity index (χ2n) is 7.67. The summed E-state index contributed by atoms with van der Waals surface area (Å²) >= 11 is 0. The number of likely N-dealkylation sites (N-methyl/N-ethyl adjacent to an activating group) is 1. The van der Waals surface area contributed by atoms with Crippen molar-refractivity contribution in [1.82, 2.24) is 14.9 Å². The summed E-state index contributed by atoms with van der Waals surface area (Å²) in [6.07, 6.45) is 8.15. The van der Waals surface area contributed by atoms with Gasteiger partial charge in [0.25, 0.3) is 0 Å². The molecular formula is C25H24N4O2. The van der Waals surface area contributed by atoms with Crippen molar-refractivity contribution < 1.29 is 9.53 Å². The number of hydrogen-bond donors (Lipinski definition) is 1. The Hall–Kier alpha value is -3.93. The molecule has 3 aromatic rings. The number of ether oxygens (including phenoxy) is 1. The number of carbonyl (C=O) groups is 1. The van der Waals surface area contributed by atoms with Crippen LogP contribution in [-0.2, 0) is 11.2 Å². The molecule has 0 spiro atoms. The molecule has 6 nitrogen and oxygen atoms in total. The first kappa shape index (κ1) is 20.3. The van der Waals surface area contributed by atoms with E-state index in [1.165, 1.54) is 27.7 Å². The van der Waals surface area contributed by atoms with Gasteiger partial charge < -0.3 is 15.0 Å². The Balaban J connectivity index is 1.46. The van der Waals surface area contributed by atoms with Crippen LogP contribution in [0.25, 0.3) is 12.2 Å². The molecule has 1 N–H and O–H groups in total. The third-order valence-corrected chi connectivity index (χ3v) is 4.84. The number of benzene rings is 2. The summed E-state index contributed by atoms with van der Waals surface area (Å²) in [5.74, 6) is 1.57. The first-order valence-electron chi connectivity index (χ1n) is 10.0. The number of hydrogen-bond acceptors (Lipinski definition) is 5. The lowest BCUT2D eigenvalue weighted by molar-refractivity contribution is -0.123. The molecular weight excluding hydrogens is 388 g/mol. The molecule has 0 saturated carbocycles. The van der Waals surface area contributed by atoms with Crippen molar-refractivity contribution in [2.75, 3.05) is 19.4 Å². The highest BCUT2D eigenvalue weighted by Crippen LogP contribution is 2.30. The van der Waals surface area contributed by atoms with E-state index in [4.69, 9.17) is 4.74 Å².